The monoisotopic (exact) mass is 169 g/mol. The lowest BCUT2D eigenvalue weighted by Crippen LogP contribution is -1.73. The van der Waals surface area contributed by atoms with Crippen molar-refractivity contribution in [1.29, 1.82) is 0 Å². The molecule has 5 heteroatoms. The van der Waals surface area contributed by atoms with Gasteiger partial charge >= 0.3 is 8.25 Å². The summed E-state index contributed by atoms with van der Waals surface area (Å²) in [4.78, 5) is 0. The Morgan fingerprint density at radius 1 is 1.20 bits per heavy atom. The second-order valence-electron chi connectivity index (χ2n) is 1.17. The molecular formula is C5H14O4P+. The van der Waals surface area contributed by atoms with E-state index >= 15 is 0 Å². The minimum absolute atomic E-state index is 0.819. The van der Waals surface area contributed by atoms with Crippen molar-refractivity contribution in [3.05, 3.63) is 0 Å². The van der Waals surface area contributed by atoms with Gasteiger partial charge < -0.3 is 4.74 Å². The highest BCUT2D eigenvalue weighted by Crippen LogP contribution is 2.18. The van der Waals surface area contributed by atoms with E-state index in [0.717, 1.165) is 6.61 Å². The molecule has 0 saturated carbocycles. The molecule has 0 amide bonds. The molecule has 0 spiro atoms. The summed E-state index contributed by atoms with van der Waals surface area (Å²) in [6.07, 6.45) is 0. The van der Waals surface area contributed by atoms with Crippen LogP contribution < -0.4 is 0 Å². The van der Waals surface area contributed by atoms with E-state index in [1.165, 1.54) is 14.2 Å². The van der Waals surface area contributed by atoms with E-state index in [4.69, 9.17) is 0 Å². The molecule has 0 fully saturated rings. The third-order valence-corrected chi connectivity index (χ3v) is 1.18. The smallest absolute Gasteiger partial charge is 0.385 e. The number of hydrogen-bond acceptors (Lipinski definition) is 4. The van der Waals surface area contributed by atoms with Gasteiger partial charge in [-0.15, -0.1) is 9.05 Å². The molecule has 4 nitrogen and oxygen atoms in total. The largest absolute Gasteiger partial charge is 0.696 e. The molecule has 0 saturated heterocycles. The van der Waals surface area contributed by atoms with Crippen LogP contribution in [0.1, 0.15) is 6.92 Å². The molecule has 0 aromatic rings. The quantitative estimate of drug-likeness (QED) is 0.602. The van der Waals surface area contributed by atoms with Gasteiger partial charge in [-0.2, -0.15) is 0 Å². The first kappa shape index (κ1) is 12.6. The number of methoxy groups -OCH3 is 1. The summed E-state index contributed by atoms with van der Waals surface area (Å²) in [7, 11) is 2.50. The Hall–Kier alpha value is -0.0200. The lowest BCUT2D eigenvalue weighted by molar-refractivity contribution is 0.215. The number of rotatable bonds is 3. The van der Waals surface area contributed by atoms with Crippen LogP contribution in [-0.2, 0) is 18.3 Å². The Morgan fingerprint density at radius 3 is 1.50 bits per heavy atom. The van der Waals surface area contributed by atoms with Gasteiger partial charge in [-0.05, 0) is 6.92 Å². The van der Waals surface area contributed by atoms with Crippen molar-refractivity contribution >= 4 is 8.25 Å². The SMILES string of the molecule is CCOC.CO[P+](=O)OC. The van der Waals surface area contributed by atoms with Crippen LogP contribution in [0.15, 0.2) is 0 Å². The summed E-state index contributed by atoms with van der Waals surface area (Å²) in [6, 6.07) is 0. The highest BCUT2D eigenvalue weighted by Gasteiger charge is 2.10. The van der Waals surface area contributed by atoms with Gasteiger partial charge in [0.25, 0.3) is 0 Å². The van der Waals surface area contributed by atoms with E-state index in [9.17, 15) is 4.57 Å². The van der Waals surface area contributed by atoms with Crippen molar-refractivity contribution in [2.24, 2.45) is 0 Å². The van der Waals surface area contributed by atoms with Crippen LogP contribution in [0.4, 0.5) is 0 Å². The third kappa shape index (κ3) is 15.7. The predicted octanol–water partition coefficient (Wildman–Crippen LogP) is 1.59. The molecule has 0 rings (SSSR count). The zero-order valence-electron chi connectivity index (χ0n) is 6.79. The van der Waals surface area contributed by atoms with Gasteiger partial charge in [0.1, 0.15) is 0 Å². The standard InChI is InChI=1S/C3H8O.C2H6O3P/c1-3-4-2;1-4-6(3)5-2/h3H2,1-2H3;1-2H3/q;+1. The van der Waals surface area contributed by atoms with Crippen LogP contribution >= 0.6 is 8.25 Å². The maximum Gasteiger partial charge on any atom is 0.696 e. The number of hydrogen-bond donors (Lipinski definition) is 0. The fourth-order valence-electron chi connectivity index (χ4n) is 0.0745. The first-order valence-corrected chi connectivity index (χ1v) is 3.86. The van der Waals surface area contributed by atoms with Crippen molar-refractivity contribution in [3.8, 4) is 0 Å². The van der Waals surface area contributed by atoms with Crippen molar-refractivity contribution in [3.63, 3.8) is 0 Å². The lowest BCUT2D eigenvalue weighted by Gasteiger charge is -1.76. The van der Waals surface area contributed by atoms with Crippen molar-refractivity contribution in [2.75, 3.05) is 27.9 Å². The molecule has 0 aliphatic heterocycles. The molecule has 0 atom stereocenters. The average molecular weight is 169 g/mol. The minimum atomic E-state index is -1.83. The van der Waals surface area contributed by atoms with Gasteiger partial charge in [0, 0.05) is 18.3 Å². The first-order valence-electron chi connectivity index (χ1n) is 2.77. The normalized spacial score (nSPS) is 8.00. The summed E-state index contributed by atoms with van der Waals surface area (Å²) in [5, 5.41) is 0. The molecule has 0 bridgehead atoms. The second kappa shape index (κ2) is 11.7. The Balaban J connectivity index is 0. The Morgan fingerprint density at radius 2 is 1.50 bits per heavy atom. The van der Waals surface area contributed by atoms with Crippen molar-refractivity contribution < 1.29 is 18.3 Å². The van der Waals surface area contributed by atoms with Gasteiger partial charge in [0.15, 0.2) is 0 Å². The lowest BCUT2D eigenvalue weighted by atomic mass is 10.9. The molecule has 0 aromatic heterocycles. The molecule has 0 N–H and O–H groups in total. The fraction of sp³-hybridized carbons (Fsp3) is 1.00. The van der Waals surface area contributed by atoms with Crippen LogP contribution in [0.3, 0.4) is 0 Å². The molecule has 0 unspecified atom stereocenters. The van der Waals surface area contributed by atoms with E-state index in [2.05, 4.69) is 13.8 Å². The average Bonchev–Trinajstić information content (AvgIpc) is 2.03. The summed E-state index contributed by atoms with van der Waals surface area (Å²) >= 11 is 0. The Labute approximate surface area is 62.4 Å². The molecule has 0 aromatic carbocycles. The topological polar surface area (TPSA) is 44.8 Å². The van der Waals surface area contributed by atoms with Gasteiger partial charge in [-0.3, -0.25) is 0 Å². The summed E-state index contributed by atoms with van der Waals surface area (Å²) in [6.45, 7) is 2.78. The van der Waals surface area contributed by atoms with E-state index < -0.39 is 8.25 Å². The molecular weight excluding hydrogens is 155 g/mol. The fourth-order valence-corrected chi connectivity index (χ4v) is 0.224. The highest BCUT2D eigenvalue weighted by molar-refractivity contribution is 7.33. The van der Waals surface area contributed by atoms with Gasteiger partial charge in [0.2, 0.25) is 0 Å². The maximum absolute atomic E-state index is 9.88. The Bertz CT molecular complexity index is 68.0. The summed E-state index contributed by atoms with van der Waals surface area (Å²) < 4.78 is 22.8. The predicted molar refractivity (Wildman–Crippen MR) is 39.2 cm³/mol. The second-order valence-corrected chi connectivity index (χ2v) is 2.34. The van der Waals surface area contributed by atoms with Gasteiger partial charge in [-0.25, -0.2) is 0 Å². The molecule has 0 aliphatic rings. The first-order chi connectivity index (χ1) is 4.72. The van der Waals surface area contributed by atoms with Crippen LogP contribution in [0.25, 0.3) is 0 Å². The van der Waals surface area contributed by atoms with Gasteiger partial charge in [0.05, 0.1) is 14.2 Å². The van der Waals surface area contributed by atoms with Crippen LogP contribution in [0.5, 0.6) is 0 Å². The zero-order chi connectivity index (χ0) is 8.41. The van der Waals surface area contributed by atoms with Crippen LogP contribution in [-0.4, -0.2) is 27.9 Å². The van der Waals surface area contributed by atoms with Crippen molar-refractivity contribution in [2.45, 2.75) is 6.92 Å². The molecule has 0 heterocycles. The molecule has 0 radical (unpaired) electrons. The third-order valence-electron chi connectivity index (χ3n) is 0.587. The summed E-state index contributed by atoms with van der Waals surface area (Å²) in [5.41, 5.74) is 0. The Kier molecular flexibility index (Phi) is 14.8. The van der Waals surface area contributed by atoms with Crippen molar-refractivity contribution in [1.82, 2.24) is 0 Å². The van der Waals surface area contributed by atoms with E-state index in [1.54, 1.807) is 7.11 Å². The number of ether oxygens (including phenoxy) is 1. The molecule has 0 aliphatic carbocycles. The minimum Gasteiger partial charge on any atom is -0.385 e. The van der Waals surface area contributed by atoms with Crippen LogP contribution in [0.2, 0.25) is 0 Å². The van der Waals surface area contributed by atoms with Crippen LogP contribution in [0, 0.1) is 0 Å². The summed E-state index contributed by atoms with van der Waals surface area (Å²) in [5.74, 6) is 0. The molecule has 62 valence electrons. The van der Waals surface area contributed by atoms with Gasteiger partial charge in [-0.1, -0.05) is 0 Å². The highest BCUT2D eigenvalue weighted by atomic mass is 31.1. The van der Waals surface area contributed by atoms with E-state index in [1.807, 2.05) is 6.92 Å². The zero-order valence-corrected chi connectivity index (χ0v) is 7.68. The maximum atomic E-state index is 9.88. The molecule has 10 heavy (non-hydrogen) atoms. The van der Waals surface area contributed by atoms with E-state index in [0.29, 0.717) is 0 Å². The van der Waals surface area contributed by atoms with E-state index in [-0.39, 0.29) is 0 Å².